The maximum atomic E-state index is 13.0. The number of benzene rings is 2. The predicted octanol–water partition coefficient (Wildman–Crippen LogP) is 2.43. The number of sulfonamides is 1. The molecule has 3 rings (SSSR count). The molecule has 1 aliphatic rings. The Balaban J connectivity index is 1.86. The van der Waals surface area contributed by atoms with Crippen LogP contribution in [0.4, 0.5) is 5.69 Å². The first-order chi connectivity index (χ1) is 13.4. The minimum absolute atomic E-state index is 0.00762. The lowest BCUT2D eigenvalue weighted by atomic mass is 10.2. The number of hydrogen-bond acceptors (Lipinski definition) is 5. The minimum atomic E-state index is -4.10. The van der Waals surface area contributed by atoms with Crippen molar-refractivity contribution in [1.82, 2.24) is 4.31 Å². The number of likely N-dealkylation sites (N-methyl/N-ethyl adjacent to an activating group) is 1. The van der Waals surface area contributed by atoms with E-state index in [0.717, 1.165) is 4.31 Å². The lowest BCUT2D eigenvalue weighted by Crippen LogP contribution is -2.48. The molecule has 1 aliphatic heterocycles. The molecule has 1 heterocycles. The summed E-state index contributed by atoms with van der Waals surface area (Å²) in [6, 6.07) is 13.5. The van der Waals surface area contributed by atoms with Crippen molar-refractivity contribution in [1.29, 1.82) is 0 Å². The van der Waals surface area contributed by atoms with Crippen LogP contribution in [0.2, 0.25) is 0 Å². The zero-order chi connectivity index (χ0) is 20.3. The molecule has 0 aliphatic carbocycles. The lowest BCUT2D eigenvalue weighted by Gasteiger charge is -2.27. The van der Waals surface area contributed by atoms with Gasteiger partial charge in [0.15, 0.2) is 0 Å². The maximum absolute atomic E-state index is 13.0. The van der Waals surface area contributed by atoms with Gasteiger partial charge in [-0.2, -0.15) is 0 Å². The van der Waals surface area contributed by atoms with E-state index in [1.165, 1.54) is 17.0 Å². The number of ether oxygens (including phenoxy) is 1. The van der Waals surface area contributed by atoms with E-state index in [2.05, 4.69) is 0 Å². The second-order valence-electron chi connectivity index (χ2n) is 6.39. The third kappa shape index (κ3) is 3.73. The van der Waals surface area contributed by atoms with Crippen LogP contribution < -0.4 is 9.64 Å². The third-order valence-corrected chi connectivity index (χ3v) is 6.46. The van der Waals surface area contributed by atoms with Crippen LogP contribution in [0, 0.1) is 0 Å². The SMILES string of the molecule is CCOc1ccc(N(C)C(=O)[C@@H]2CCC(=O)N2S(=O)(=O)c2ccccc2)cc1. The number of rotatable bonds is 6. The van der Waals surface area contributed by atoms with Crippen LogP contribution in [0.5, 0.6) is 5.75 Å². The summed E-state index contributed by atoms with van der Waals surface area (Å²) in [5.74, 6) is -0.340. The summed E-state index contributed by atoms with van der Waals surface area (Å²) in [7, 11) is -2.53. The third-order valence-electron chi connectivity index (χ3n) is 4.61. The molecule has 0 aromatic heterocycles. The highest BCUT2D eigenvalue weighted by Crippen LogP contribution is 2.29. The zero-order valence-corrected chi connectivity index (χ0v) is 16.6. The van der Waals surface area contributed by atoms with Gasteiger partial charge in [0.25, 0.3) is 15.9 Å². The highest BCUT2D eigenvalue weighted by Gasteiger charge is 2.45. The average molecular weight is 402 g/mol. The van der Waals surface area contributed by atoms with Crippen molar-refractivity contribution in [2.24, 2.45) is 0 Å². The predicted molar refractivity (Wildman–Crippen MR) is 105 cm³/mol. The summed E-state index contributed by atoms with van der Waals surface area (Å²) in [5, 5.41) is 0. The topological polar surface area (TPSA) is 84.0 Å². The van der Waals surface area contributed by atoms with Crippen LogP contribution in [-0.2, 0) is 19.6 Å². The van der Waals surface area contributed by atoms with Gasteiger partial charge in [0.2, 0.25) is 5.91 Å². The standard InChI is InChI=1S/C20H22N2O5S/c1-3-27-16-11-9-15(10-12-16)21(2)20(24)18-13-14-19(23)22(18)28(25,26)17-7-5-4-6-8-17/h4-12,18H,3,13-14H2,1-2H3/t18-/m0/s1. The zero-order valence-electron chi connectivity index (χ0n) is 15.7. The fourth-order valence-electron chi connectivity index (χ4n) is 3.18. The Labute approximate surface area is 164 Å². The van der Waals surface area contributed by atoms with Gasteiger partial charge in [0.1, 0.15) is 11.8 Å². The van der Waals surface area contributed by atoms with Crippen molar-refractivity contribution in [3.05, 3.63) is 54.6 Å². The van der Waals surface area contributed by atoms with E-state index in [1.807, 2.05) is 6.92 Å². The molecule has 28 heavy (non-hydrogen) atoms. The minimum Gasteiger partial charge on any atom is -0.494 e. The second kappa shape index (κ2) is 8.02. The second-order valence-corrected chi connectivity index (χ2v) is 8.20. The smallest absolute Gasteiger partial charge is 0.267 e. The number of hydrogen-bond donors (Lipinski definition) is 0. The summed E-state index contributed by atoms with van der Waals surface area (Å²) < 4.78 is 32.0. The summed E-state index contributed by atoms with van der Waals surface area (Å²) in [6.45, 7) is 2.41. The molecule has 0 spiro atoms. The molecule has 2 amide bonds. The van der Waals surface area contributed by atoms with Crippen molar-refractivity contribution < 1.29 is 22.7 Å². The molecule has 148 valence electrons. The Bertz CT molecular complexity index is 958. The van der Waals surface area contributed by atoms with Gasteiger partial charge in [-0.25, -0.2) is 12.7 Å². The molecule has 0 bridgehead atoms. The molecule has 2 aromatic carbocycles. The average Bonchev–Trinajstić information content (AvgIpc) is 3.10. The van der Waals surface area contributed by atoms with Crippen LogP contribution in [0.15, 0.2) is 59.5 Å². The molecule has 7 nitrogen and oxygen atoms in total. The normalized spacial score (nSPS) is 16.9. The van der Waals surface area contributed by atoms with E-state index in [4.69, 9.17) is 4.74 Å². The van der Waals surface area contributed by atoms with E-state index < -0.39 is 27.9 Å². The largest absolute Gasteiger partial charge is 0.494 e. The van der Waals surface area contributed by atoms with Crippen molar-refractivity contribution in [3.63, 3.8) is 0 Å². The quantitative estimate of drug-likeness (QED) is 0.741. The molecular formula is C20H22N2O5S. The van der Waals surface area contributed by atoms with E-state index in [1.54, 1.807) is 49.5 Å². The molecule has 1 fully saturated rings. The molecule has 1 atom stereocenters. The van der Waals surface area contributed by atoms with E-state index in [0.29, 0.717) is 18.0 Å². The maximum Gasteiger partial charge on any atom is 0.267 e. The van der Waals surface area contributed by atoms with Crippen LogP contribution in [0.3, 0.4) is 0 Å². The number of carbonyl (C=O) groups is 2. The van der Waals surface area contributed by atoms with Crippen LogP contribution in [0.25, 0.3) is 0 Å². The first kappa shape index (κ1) is 19.9. The Morgan fingerprint density at radius 3 is 2.39 bits per heavy atom. The van der Waals surface area contributed by atoms with Gasteiger partial charge in [-0.3, -0.25) is 9.59 Å². The Kier molecular flexibility index (Phi) is 5.69. The van der Waals surface area contributed by atoms with Gasteiger partial charge in [0, 0.05) is 19.2 Å². The summed E-state index contributed by atoms with van der Waals surface area (Å²) in [6.07, 6.45) is 0.171. The van der Waals surface area contributed by atoms with Gasteiger partial charge in [0.05, 0.1) is 11.5 Å². The van der Waals surface area contributed by atoms with Gasteiger partial charge < -0.3 is 9.64 Å². The molecule has 2 aromatic rings. The van der Waals surface area contributed by atoms with E-state index >= 15 is 0 Å². The van der Waals surface area contributed by atoms with Gasteiger partial charge in [-0.1, -0.05) is 18.2 Å². The van der Waals surface area contributed by atoms with Gasteiger partial charge in [-0.05, 0) is 49.7 Å². The van der Waals surface area contributed by atoms with Gasteiger partial charge >= 0.3 is 0 Å². The van der Waals surface area contributed by atoms with E-state index in [9.17, 15) is 18.0 Å². The summed E-state index contributed by atoms with van der Waals surface area (Å²) in [5.41, 5.74) is 0.588. The molecule has 0 unspecified atom stereocenters. The fourth-order valence-corrected chi connectivity index (χ4v) is 4.79. The number of anilines is 1. The molecule has 0 N–H and O–H groups in total. The number of carbonyl (C=O) groups excluding carboxylic acids is 2. The molecular weight excluding hydrogens is 380 g/mol. The van der Waals surface area contributed by atoms with Crippen molar-refractivity contribution in [2.75, 3.05) is 18.6 Å². The monoisotopic (exact) mass is 402 g/mol. The number of nitrogens with zero attached hydrogens (tertiary/aromatic N) is 2. The lowest BCUT2D eigenvalue weighted by molar-refractivity contribution is -0.129. The highest BCUT2D eigenvalue weighted by molar-refractivity contribution is 7.89. The highest BCUT2D eigenvalue weighted by atomic mass is 32.2. The van der Waals surface area contributed by atoms with Crippen molar-refractivity contribution in [2.45, 2.75) is 30.7 Å². The van der Waals surface area contributed by atoms with Crippen molar-refractivity contribution >= 4 is 27.5 Å². The molecule has 0 radical (unpaired) electrons. The molecule has 0 saturated carbocycles. The summed E-state index contributed by atoms with van der Waals surface area (Å²) in [4.78, 5) is 26.7. The van der Waals surface area contributed by atoms with Crippen LogP contribution in [0.1, 0.15) is 19.8 Å². The summed E-state index contributed by atoms with van der Waals surface area (Å²) >= 11 is 0. The Morgan fingerprint density at radius 1 is 1.14 bits per heavy atom. The first-order valence-electron chi connectivity index (χ1n) is 8.99. The molecule has 1 saturated heterocycles. The van der Waals surface area contributed by atoms with Crippen LogP contribution in [-0.4, -0.2) is 44.2 Å². The first-order valence-corrected chi connectivity index (χ1v) is 10.4. The number of amides is 2. The molecule has 8 heteroatoms. The Morgan fingerprint density at radius 2 is 1.79 bits per heavy atom. The fraction of sp³-hybridized carbons (Fsp3) is 0.300. The Hall–Kier alpha value is -2.87. The van der Waals surface area contributed by atoms with Gasteiger partial charge in [-0.15, -0.1) is 0 Å². The van der Waals surface area contributed by atoms with E-state index in [-0.39, 0.29) is 17.7 Å². The van der Waals surface area contributed by atoms with Crippen LogP contribution >= 0.6 is 0 Å². The van der Waals surface area contributed by atoms with Crippen molar-refractivity contribution in [3.8, 4) is 5.75 Å².